The second kappa shape index (κ2) is 3.90. The fourth-order valence-electron chi connectivity index (χ4n) is 1.37. The van der Waals surface area contributed by atoms with Gasteiger partial charge in [-0.05, 0) is 24.5 Å². The number of rotatable bonds is 3. The molecule has 0 aromatic carbocycles. The van der Waals surface area contributed by atoms with Gasteiger partial charge in [0.1, 0.15) is 5.69 Å². The Hall–Kier alpha value is -1.56. The van der Waals surface area contributed by atoms with Crippen molar-refractivity contribution in [2.24, 2.45) is 7.05 Å². The highest BCUT2D eigenvalue weighted by atomic mass is 32.1. The molecule has 0 aliphatic rings. The first kappa shape index (κ1) is 9.97. The van der Waals surface area contributed by atoms with Gasteiger partial charge >= 0.3 is 0 Å². The standard InChI is InChI=1S/C9H10N4OS/c1-6-3-7(13(2)11-6)4-9(14)8-5-15-12-10-8/h3,5H,4H2,1-2H3. The number of carbonyl (C=O) groups is 1. The van der Waals surface area contributed by atoms with Crippen molar-refractivity contribution in [3.05, 3.63) is 28.5 Å². The molecule has 2 rings (SSSR count). The summed E-state index contributed by atoms with van der Waals surface area (Å²) in [5.74, 6) is -0.0215. The van der Waals surface area contributed by atoms with Crippen molar-refractivity contribution < 1.29 is 4.79 Å². The van der Waals surface area contributed by atoms with Crippen molar-refractivity contribution in [1.82, 2.24) is 19.4 Å². The van der Waals surface area contributed by atoms with E-state index in [1.54, 1.807) is 10.1 Å². The smallest absolute Gasteiger partial charge is 0.189 e. The Morgan fingerprint density at radius 2 is 2.40 bits per heavy atom. The molecule has 2 heterocycles. The predicted octanol–water partition coefficient (Wildman–Crippen LogP) is 1.01. The second-order valence-electron chi connectivity index (χ2n) is 3.29. The maximum absolute atomic E-state index is 11.7. The Kier molecular flexibility index (Phi) is 2.59. The lowest BCUT2D eigenvalue weighted by Crippen LogP contribution is -2.08. The van der Waals surface area contributed by atoms with Crippen LogP contribution < -0.4 is 0 Å². The summed E-state index contributed by atoms with van der Waals surface area (Å²) in [4.78, 5) is 11.7. The van der Waals surface area contributed by atoms with Gasteiger partial charge in [-0.15, -0.1) is 5.10 Å². The number of aryl methyl sites for hydroxylation is 2. The summed E-state index contributed by atoms with van der Waals surface area (Å²) in [5.41, 5.74) is 2.24. The van der Waals surface area contributed by atoms with Crippen LogP contribution in [-0.2, 0) is 13.5 Å². The summed E-state index contributed by atoms with van der Waals surface area (Å²) in [6, 6.07) is 1.90. The van der Waals surface area contributed by atoms with Gasteiger partial charge in [0.15, 0.2) is 5.78 Å². The molecule has 0 unspecified atom stereocenters. The van der Waals surface area contributed by atoms with E-state index >= 15 is 0 Å². The number of Topliss-reactive ketones (excluding diaryl/α,β-unsaturated/α-hetero) is 1. The van der Waals surface area contributed by atoms with Crippen molar-refractivity contribution >= 4 is 17.3 Å². The molecule has 6 heteroatoms. The molecular weight excluding hydrogens is 212 g/mol. The number of aromatic nitrogens is 4. The van der Waals surface area contributed by atoms with Crippen LogP contribution in [0.3, 0.4) is 0 Å². The third kappa shape index (κ3) is 2.10. The highest BCUT2D eigenvalue weighted by Gasteiger charge is 2.12. The van der Waals surface area contributed by atoms with Crippen LogP contribution in [0.25, 0.3) is 0 Å². The Balaban J connectivity index is 2.16. The lowest BCUT2D eigenvalue weighted by atomic mass is 10.2. The lowest BCUT2D eigenvalue weighted by Gasteiger charge is -1.98. The molecule has 0 aliphatic carbocycles. The molecular formula is C9H10N4OS. The van der Waals surface area contributed by atoms with Gasteiger partial charge in [0.25, 0.3) is 0 Å². The maximum Gasteiger partial charge on any atom is 0.189 e. The maximum atomic E-state index is 11.7. The average Bonchev–Trinajstić information content (AvgIpc) is 2.76. The molecule has 0 fully saturated rings. The van der Waals surface area contributed by atoms with Gasteiger partial charge in [-0.2, -0.15) is 5.10 Å². The highest BCUT2D eigenvalue weighted by Crippen LogP contribution is 2.07. The number of ketones is 1. The second-order valence-corrected chi connectivity index (χ2v) is 3.90. The number of hydrogen-bond acceptors (Lipinski definition) is 5. The molecule has 15 heavy (non-hydrogen) atoms. The van der Waals surface area contributed by atoms with Gasteiger partial charge in [0.2, 0.25) is 0 Å². The van der Waals surface area contributed by atoms with Crippen molar-refractivity contribution in [1.29, 1.82) is 0 Å². The molecule has 0 radical (unpaired) electrons. The molecule has 78 valence electrons. The number of hydrogen-bond donors (Lipinski definition) is 0. The van der Waals surface area contributed by atoms with Crippen molar-refractivity contribution in [3.8, 4) is 0 Å². The molecule has 0 atom stereocenters. The van der Waals surface area contributed by atoms with E-state index in [9.17, 15) is 4.79 Å². The summed E-state index contributed by atoms with van der Waals surface area (Å²) in [6.07, 6.45) is 0.322. The molecule has 0 saturated carbocycles. The van der Waals surface area contributed by atoms with Crippen LogP contribution in [0.15, 0.2) is 11.4 Å². The zero-order chi connectivity index (χ0) is 10.8. The van der Waals surface area contributed by atoms with Crippen molar-refractivity contribution in [3.63, 3.8) is 0 Å². The van der Waals surface area contributed by atoms with E-state index in [2.05, 4.69) is 14.7 Å². The predicted molar refractivity (Wildman–Crippen MR) is 55.9 cm³/mol. The zero-order valence-corrected chi connectivity index (χ0v) is 9.28. The first-order valence-electron chi connectivity index (χ1n) is 4.46. The van der Waals surface area contributed by atoms with Crippen LogP contribution in [0.2, 0.25) is 0 Å². The zero-order valence-electron chi connectivity index (χ0n) is 8.47. The molecule has 5 nitrogen and oxygen atoms in total. The Labute approximate surface area is 90.9 Å². The van der Waals surface area contributed by atoms with Crippen LogP contribution in [-0.4, -0.2) is 25.2 Å². The summed E-state index contributed by atoms with van der Waals surface area (Å²) in [7, 11) is 1.83. The van der Waals surface area contributed by atoms with Gasteiger partial charge in [-0.3, -0.25) is 9.48 Å². The minimum absolute atomic E-state index is 0.0215. The van der Waals surface area contributed by atoms with Crippen LogP contribution >= 0.6 is 11.5 Å². The van der Waals surface area contributed by atoms with E-state index < -0.39 is 0 Å². The van der Waals surface area contributed by atoms with Crippen LogP contribution in [0.5, 0.6) is 0 Å². The topological polar surface area (TPSA) is 60.7 Å². The largest absolute Gasteiger partial charge is 0.292 e. The van der Waals surface area contributed by atoms with E-state index in [1.807, 2.05) is 20.0 Å². The van der Waals surface area contributed by atoms with Crippen molar-refractivity contribution in [2.45, 2.75) is 13.3 Å². The van der Waals surface area contributed by atoms with Gasteiger partial charge < -0.3 is 0 Å². The first-order chi connectivity index (χ1) is 7.16. The average molecular weight is 222 g/mol. The minimum atomic E-state index is -0.0215. The van der Waals surface area contributed by atoms with Crippen molar-refractivity contribution in [2.75, 3.05) is 0 Å². The van der Waals surface area contributed by atoms with E-state index in [-0.39, 0.29) is 5.78 Å². The Morgan fingerprint density at radius 1 is 1.60 bits per heavy atom. The quantitative estimate of drug-likeness (QED) is 0.727. The SMILES string of the molecule is Cc1cc(CC(=O)c2csnn2)n(C)n1. The third-order valence-electron chi connectivity index (χ3n) is 2.09. The van der Waals surface area contributed by atoms with Gasteiger partial charge in [0.05, 0.1) is 12.1 Å². The molecule has 0 aliphatic heterocycles. The van der Waals surface area contributed by atoms with Gasteiger partial charge in [-0.25, -0.2) is 0 Å². The fraction of sp³-hybridized carbons (Fsp3) is 0.333. The summed E-state index contributed by atoms with van der Waals surface area (Å²) in [6.45, 7) is 1.90. The summed E-state index contributed by atoms with van der Waals surface area (Å²) in [5, 5.41) is 9.57. The summed E-state index contributed by atoms with van der Waals surface area (Å²) >= 11 is 1.18. The van der Waals surface area contributed by atoms with E-state index in [4.69, 9.17) is 0 Å². The Morgan fingerprint density at radius 3 is 2.93 bits per heavy atom. The molecule has 0 N–H and O–H groups in total. The van der Waals surface area contributed by atoms with E-state index in [1.165, 1.54) is 11.5 Å². The van der Waals surface area contributed by atoms with Crippen LogP contribution in [0.1, 0.15) is 21.9 Å². The highest BCUT2D eigenvalue weighted by molar-refractivity contribution is 7.03. The first-order valence-corrected chi connectivity index (χ1v) is 5.30. The number of carbonyl (C=O) groups excluding carboxylic acids is 1. The normalized spacial score (nSPS) is 10.5. The molecule has 2 aromatic rings. The molecule has 0 saturated heterocycles. The third-order valence-corrected chi connectivity index (χ3v) is 2.59. The van der Waals surface area contributed by atoms with Crippen LogP contribution in [0, 0.1) is 6.92 Å². The van der Waals surface area contributed by atoms with Crippen LogP contribution in [0.4, 0.5) is 0 Å². The monoisotopic (exact) mass is 222 g/mol. The van der Waals surface area contributed by atoms with Gasteiger partial charge in [0, 0.05) is 18.1 Å². The minimum Gasteiger partial charge on any atom is -0.292 e. The lowest BCUT2D eigenvalue weighted by molar-refractivity contribution is 0.0986. The molecule has 0 spiro atoms. The Bertz CT molecular complexity index is 474. The molecule has 0 amide bonds. The van der Waals surface area contributed by atoms with Gasteiger partial charge in [-0.1, -0.05) is 4.49 Å². The molecule has 2 aromatic heterocycles. The summed E-state index contributed by atoms with van der Waals surface area (Å²) < 4.78 is 5.38. The molecule has 0 bridgehead atoms. The number of nitrogens with zero attached hydrogens (tertiary/aromatic N) is 4. The van der Waals surface area contributed by atoms with E-state index in [0.29, 0.717) is 12.1 Å². The van der Waals surface area contributed by atoms with E-state index in [0.717, 1.165) is 11.4 Å². The fourth-order valence-corrected chi connectivity index (χ4v) is 1.83.